The molecule has 176 valence electrons. The van der Waals surface area contributed by atoms with Gasteiger partial charge in [0.15, 0.2) is 0 Å². The number of likely N-dealkylation sites (N-methyl/N-ethyl adjacent to an activating group) is 1. The maximum absolute atomic E-state index is 12.8. The summed E-state index contributed by atoms with van der Waals surface area (Å²) in [6.45, 7) is 0.532. The second kappa shape index (κ2) is 11.5. The van der Waals surface area contributed by atoms with Crippen molar-refractivity contribution in [2.45, 2.75) is 37.6 Å². The van der Waals surface area contributed by atoms with Crippen LogP contribution in [0.4, 0.5) is 4.79 Å². The maximum Gasteiger partial charge on any atom is 0.407 e. The first-order chi connectivity index (χ1) is 15.9. The van der Waals surface area contributed by atoms with Gasteiger partial charge in [-0.2, -0.15) is 0 Å². The number of nitrogens with zero attached hydrogens (tertiary/aromatic N) is 1. The van der Waals surface area contributed by atoms with Crippen molar-refractivity contribution in [1.82, 2.24) is 10.2 Å². The highest BCUT2D eigenvalue weighted by Crippen LogP contribution is 2.44. The zero-order chi connectivity index (χ0) is 23.8. The molecule has 0 heterocycles. The summed E-state index contributed by atoms with van der Waals surface area (Å²) in [6.07, 6.45) is 0.101. The Balaban J connectivity index is 1.64. The topological polar surface area (TPSA) is 116 Å². The van der Waals surface area contributed by atoms with E-state index < -0.39 is 18.1 Å². The van der Waals surface area contributed by atoms with E-state index >= 15 is 0 Å². The van der Waals surface area contributed by atoms with Gasteiger partial charge in [-0.05, 0) is 41.5 Å². The van der Waals surface area contributed by atoms with E-state index in [-0.39, 0.29) is 37.9 Å². The monoisotopic (exact) mass is 454 g/mol. The zero-order valence-corrected chi connectivity index (χ0v) is 18.7. The summed E-state index contributed by atoms with van der Waals surface area (Å²) in [5.74, 6) is -1.55. The van der Waals surface area contributed by atoms with Gasteiger partial charge in [0, 0.05) is 32.5 Å². The van der Waals surface area contributed by atoms with Crippen molar-refractivity contribution in [3.8, 4) is 11.1 Å². The van der Waals surface area contributed by atoms with Crippen molar-refractivity contribution >= 4 is 18.0 Å². The average molecular weight is 455 g/mol. The molecule has 3 N–H and O–H groups in total. The van der Waals surface area contributed by atoms with Crippen LogP contribution in [0.1, 0.15) is 42.7 Å². The van der Waals surface area contributed by atoms with Gasteiger partial charge in [-0.15, -0.1) is 0 Å². The van der Waals surface area contributed by atoms with Crippen molar-refractivity contribution in [2.75, 3.05) is 26.8 Å². The lowest BCUT2D eigenvalue weighted by Gasteiger charge is -2.24. The Morgan fingerprint density at radius 3 is 2.21 bits per heavy atom. The number of carboxylic acid groups (broad SMARTS) is 1. The van der Waals surface area contributed by atoms with Gasteiger partial charge in [0.2, 0.25) is 5.91 Å². The summed E-state index contributed by atoms with van der Waals surface area (Å²) < 4.78 is 5.50. The molecule has 0 saturated carbocycles. The van der Waals surface area contributed by atoms with Crippen LogP contribution in [0.3, 0.4) is 0 Å². The van der Waals surface area contributed by atoms with Crippen LogP contribution < -0.4 is 5.32 Å². The molecular formula is C25H30N2O6. The van der Waals surface area contributed by atoms with Crippen LogP contribution in [0.25, 0.3) is 11.1 Å². The first-order valence-corrected chi connectivity index (χ1v) is 11.1. The van der Waals surface area contributed by atoms with Crippen molar-refractivity contribution in [3.63, 3.8) is 0 Å². The molecule has 0 saturated heterocycles. The number of carboxylic acids is 1. The fourth-order valence-corrected chi connectivity index (χ4v) is 4.14. The third-order valence-electron chi connectivity index (χ3n) is 5.86. The number of aliphatic carboxylic acids is 1. The van der Waals surface area contributed by atoms with Crippen LogP contribution in [-0.4, -0.2) is 65.9 Å². The summed E-state index contributed by atoms with van der Waals surface area (Å²) in [4.78, 5) is 37.8. The molecular weight excluding hydrogens is 424 g/mol. The van der Waals surface area contributed by atoms with Gasteiger partial charge < -0.3 is 25.2 Å². The van der Waals surface area contributed by atoms with E-state index in [2.05, 4.69) is 5.32 Å². The molecule has 1 aliphatic rings. The molecule has 8 heteroatoms. The summed E-state index contributed by atoms with van der Waals surface area (Å²) in [5, 5.41) is 20.5. The summed E-state index contributed by atoms with van der Waals surface area (Å²) >= 11 is 0. The average Bonchev–Trinajstić information content (AvgIpc) is 3.13. The van der Waals surface area contributed by atoms with Gasteiger partial charge >= 0.3 is 12.1 Å². The van der Waals surface area contributed by atoms with Crippen LogP contribution in [0.2, 0.25) is 0 Å². The molecule has 33 heavy (non-hydrogen) atoms. The molecule has 1 atom stereocenters. The van der Waals surface area contributed by atoms with E-state index in [9.17, 15) is 14.4 Å². The van der Waals surface area contributed by atoms with Gasteiger partial charge in [-0.25, -0.2) is 4.79 Å². The minimum absolute atomic E-state index is 0.0302. The van der Waals surface area contributed by atoms with Crippen molar-refractivity contribution in [3.05, 3.63) is 59.7 Å². The van der Waals surface area contributed by atoms with E-state index in [0.717, 1.165) is 22.3 Å². The number of alkyl carbamates (subject to hydrolysis) is 1. The van der Waals surface area contributed by atoms with E-state index in [4.69, 9.17) is 14.9 Å². The fourth-order valence-electron chi connectivity index (χ4n) is 4.14. The molecule has 2 aromatic rings. The van der Waals surface area contributed by atoms with Crippen LogP contribution in [0.5, 0.6) is 0 Å². The number of fused-ring (bicyclic) bond motifs is 3. The number of rotatable bonds is 11. The second-order valence-electron chi connectivity index (χ2n) is 8.15. The third-order valence-corrected chi connectivity index (χ3v) is 5.86. The highest BCUT2D eigenvalue weighted by atomic mass is 16.5. The number of aliphatic hydroxyl groups is 1. The predicted molar refractivity (Wildman–Crippen MR) is 123 cm³/mol. The van der Waals surface area contributed by atoms with E-state index in [1.165, 1.54) is 4.90 Å². The summed E-state index contributed by atoms with van der Waals surface area (Å²) in [5.41, 5.74) is 4.38. The van der Waals surface area contributed by atoms with Gasteiger partial charge in [-0.3, -0.25) is 9.59 Å². The minimum Gasteiger partial charge on any atom is -0.481 e. The van der Waals surface area contributed by atoms with E-state index in [1.807, 2.05) is 48.5 Å². The van der Waals surface area contributed by atoms with Crippen molar-refractivity contribution in [2.24, 2.45) is 0 Å². The van der Waals surface area contributed by atoms with Crippen LogP contribution in [0, 0.1) is 0 Å². The number of carbonyl (C=O) groups excluding carboxylic acids is 2. The Bertz CT molecular complexity index is 947. The Morgan fingerprint density at radius 2 is 1.64 bits per heavy atom. The number of unbranched alkanes of at least 4 members (excludes halogenated alkanes) is 1. The normalized spacial score (nSPS) is 13.0. The number of carbonyl (C=O) groups is 3. The number of ether oxygens (including phenoxy) is 1. The standard InChI is InChI=1S/C25H30N2O6/c1-27(14-6-7-15-28)24(31)22(12-13-23(29)30)26-25(32)33-16-21-19-10-4-2-8-17(19)18-9-3-5-11-20(18)21/h2-5,8-11,21-22,28H,6-7,12-16H2,1H3,(H,26,32)(H,29,30). The Labute approximate surface area is 193 Å². The smallest absolute Gasteiger partial charge is 0.407 e. The molecule has 0 bridgehead atoms. The largest absolute Gasteiger partial charge is 0.481 e. The SMILES string of the molecule is CN(CCCCO)C(=O)C(CCC(=O)O)NC(=O)OCC1c2ccccc2-c2ccccc21. The quantitative estimate of drug-likeness (QED) is 0.450. The number of hydrogen-bond acceptors (Lipinski definition) is 5. The third kappa shape index (κ3) is 6.10. The molecule has 0 aliphatic heterocycles. The molecule has 8 nitrogen and oxygen atoms in total. The molecule has 0 fully saturated rings. The van der Waals surface area contributed by atoms with Gasteiger partial charge in [0.25, 0.3) is 0 Å². The summed E-state index contributed by atoms with van der Waals surface area (Å²) in [6, 6.07) is 15.0. The van der Waals surface area contributed by atoms with Gasteiger partial charge in [-0.1, -0.05) is 48.5 Å². The van der Waals surface area contributed by atoms with Gasteiger partial charge in [0.05, 0.1) is 0 Å². The second-order valence-corrected chi connectivity index (χ2v) is 8.15. The lowest BCUT2D eigenvalue weighted by molar-refractivity contribution is -0.137. The zero-order valence-electron chi connectivity index (χ0n) is 18.7. The Hall–Kier alpha value is -3.39. The minimum atomic E-state index is -1.05. The molecule has 0 radical (unpaired) electrons. The number of hydrogen-bond donors (Lipinski definition) is 3. The summed E-state index contributed by atoms with van der Waals surface area (Å²) in [7, 11) is 1.59. The lowest BCUT2D eigenvalue weighted by atomic mass is 9.98. The number of amides is 2. The predicted octanol–water partition coefficient (Wildman–Crippen LogP) is 2.99. The fraction of sp³-hybridized carbons (Fsp3) is 0.400. The van der Waals surface area contributed by atoms with E-state index in [1.54, 1.807) is 7.05 Å². The molecule has 3 rings (SSSR count). The first-order valence-electron chi connectivity index (χ1n) is 11.1. The number of benzene rings is 2. The first kappa shape index (κ1) is 24.3. The molecule has 1 aliphatic carbocycles. The molecule has 1 unspecified atom stereocenters. The number of aliphatic hydroxyl groups excluding tert-OH is 1. The van der Waals surface area contributed by atoms with Crippen molar-refractivity contribution in [1.29, 1.82) is 0 Å². The molecule has 2 aromatic carbocycles. The van der Waals surface area contributed by atoms with Crippen LogP contribution in [-0.2, 0) is 14.3 Å². The highest BCUT2D eigenvalue weighted by Gasteiger charge is 2.30. The molecule has 0 aromatic heterocycles. The highest BCUT2D eigenvalue weighted by molar-refractivity contribution is 5.86. The Morgan fingerprint density at radius 1 is 1.03 bits per heavy atom. The van der Waals surface area contributed by atoms with Crippen LogP contribution in [0.15, 0.2) is 48.5 Å². The molecule has 2 amide bonds. The van der Waals surface area contributed by atoms with Crippen molar-refractivity contribution < 1.29 is 29.3 Å². The number of nitrogens with one attached hydrogen (secondary N) is 1. The lowest BCUT2D eigenvalue weighted by Crippen LogP contribution is -2.48. The van der Waals surface area contributed by atoms with Crippen LogP contribution >= 0.6 is 0 Å². The Kier molecular flexibility index (Phi) is 8.43. The van der Waals surface area contributed by atoms with Gasteiger partial charge in [0.1, 0.15) is 12.6 Å². The maximum atomic E-state index is 12.8. The molecule has 0 spiro atoms. The van der Waals surface area contributed by atoms with E-state index in [0.29, 0.717) is 19.4 Å².